The van der Waals surface area contributed by atoms with Gasteiger partial charge in [-0.2, -0.15) is 0 Å². The fourth-order valence-electron chi connectivity index (χ4n) is 1.80. The normalized spacial score (nSPS) is 10.1. The highest BCUT2D eigenvalue weighted by Gasteiger charge is 2.14. The minimum atomic E-state index is -0.606. The number of esters is 1. The fraction of sp³-hybridized carbons (Fsp3) is 0.188. The molecule has 2 rings (SSSR count). The molecule has 0 N–H and O–H groups in total. The first-order valence-electron chi connectivity index (χ1n) is 6.63. The largest absolute Gasteiger partial charge is 0.452 e. The minimum absolute atomic E-state index is 0.196. The molecule has 0 unspecified atom stereocenters. The number of likely N-dealkylation sites (N-methyl/N-ethyl adjacent to an activating group) is 1. The number of carbonyl (C=O) groups excluding carboxylic acids is 2. The van der Waals surface area contributed by atoms with Crippen molar-refractivity contribution in [2.24, 2.45) is 0 Å². The number of nitrogens with zero attached hydrogens (tertiary/aromatic N) is 2. The van der Waals surface area contributed by atoms with Gasteiger partial charge in [-0.15, -0.1) is 0 Å². The first-order chi connectivity index (χ1) is 10.6. The van der Waals surface area contributed by atoms with Crippen LogP contribution < -0.4 is 0 Å². The molecule has 0 aliphatic heterocycles. The molecule has 1 aromatic heterocycles. The van der Waals surface area contributed by atoms with Crippen molar-refractivity contribution in [2.75, 3.05) is 13.7 Å². The Morgan fingerprint density at radius 1 is 1.23 bits per heavy atom. The van der Waals surface area contributed by atoms with E-state index >= 15 is 0 Å². The molecule has 22 heavy (non-hydrogen) atoms. The van der Waals surface area contributed by atoms with Crippen molar-refractivity contribution in [3.63, 3.8) is 0 Å². The van der Waals surface area contributed by atoms with E-state index in [-0.39, 0.29) is 23.2 Å². The Morgan fingerprint density at radius 2 is 1.95 bits per heavy atom. The lowest BCUT2D eigenvalue weighted by Gasteiger charge is -2.17. The summed E-state index contributed by atoms with van der Waals surface area (Å²) in [7, 11) is 1.66. The van der Waals surface area contributed by atoms with Gasteiger partial charge in [-0.1, -0.05) is 41.9 Å². The van der Waals surface area contributed by atoms with Gasteiger partial charge in [0.05, 0.1) is 5.56 Å². The van der Waals surface area contributed by atoms with Gasteiger partial charge in [0.15, 0.2) is 6.61 Å². The van der Waals surface area contributed by atoms with Crippen LogP contribution in [0.5, 0.6) is 0 Å². The van der Waals surface area contributed by atoms with Crippen LogP contribution in [0.3, 0.4) is 0 Å². The highest BCUT2D eigenvalue weighted by Crippen LogP contribution is 2.08. The standard InChI is InChI=1S/C16H15ClN2O3/c1-19(10-12-5-3-2-4-6-12)15(20)11-22-16(21)13-7-8-18-14(17)9-13/h2-9H,10-11H2,1H3. The van der Waals surface area contributed by atoms with Gasteiger partial charge in [0.2, 0.25) is 0 Å². The molecule has 0 saturated carbocycles. The van der Waals surface area contributed by atoms with Crippen LogP contribution in [-0.4, -0.2) is 35.4 Å². The van der Waals surface area contributed by atoms with Gasteiger partial charge in [0.25, 0.3) is 5.91 Å². The molecule has 0 atom stereocenters. The van der Waals surface area contributed by atoms with Crippen LogP contribution in [0.15, 0.2) is 48.7 Å². The van der Waals surface area contributed by atoms with Crippen LogP contribution in [0.1, 0.15) is 15.9 Å². The molecule has 5 nitrogen and oxygen atoms in total. The number of hydrogen-bond acceptors (Lipinski definition) is 4. The lowest BCUT2D eigenvalue weighted by molar-refractivity contribution is -0.133. The maximum atomic E-state index is 12.0. The smallest absolute Gasteiger partial charge is 0.338 e. The van der Waals surface area contributed by atoms with Crippen LogP contribution in [0.2, 0.25) is 5.15 Å². The number of ether oxygens (including phenoxy) is 1. The lowest BCUT2D eigenvalue weighted by Crippen LogP contribution is -2.30. The summed E-state index contributed by atoms with van der Waals surface area (Å²) in [6, 6.07) is 12.4. The van der Waals surface area contributed by atoms with Crippen molar-refractivity contribution in [1.29, 1.82) is 0 Å². The molecule has 0 aliphatic carbocycles. The average Bonchev–Trinajstić information content (AvgIpc) is 2.53. The van der Waals surface area contributed by atoms with E-state index in [1.165, 1.54) is 23.2 Å². The van der Waals surface area contributed by atoms with Gasteiger partial charge in [-0.3, -0.25) is 4.79 Å². The third-order valence-corrected chi connectivity index (χ3v) is 3.18. The zero-order chi connectivity index (χ0) is 15.9. The molecular weight excluding hydrogens is 304 g/mol. The number of hydrogen-bond donors (Lipinski definition) is 0. The van der Waals surface area contributed by atoms with Crippen LogP contribution >= 0.6 is 11.6 Å². The van der Waals surface area contributed by atoms with Gasteiger partial charge in [0.1, 0.15) is 5.15 Å². The minimum Gasteiger partial charge on any atom is -0.452 e. The van der Waals surface area contributed by atoms with Crippen molar-refractivity contribution in [1.82, 2.24) is 9.88 Å². The molecule has 0 aliphatic rings. The van der Waals surface area contributed by atoms with Crippen LogP contribution in [0, 0.1) is 0 Å². The number of amides is 1. The third kappa shape index (κ3) is 4.56. The van der Waals surface area contributed by atoms with E-state index in [1.54, 1.807) is 7.05 Å². The Morgan fingerprint density at radius 3 is 2.64 bits per heavy atom. The van der Waals surface area contributed by atoms with Crippen molar-refractivity contribution in [2.45, 2.75) is 6.54 Å². The van der Waals surface area contributed by atoms with Crippen LogP contribution in [-0.2, 0) is 16.1 Å². The van der Waals surface area contributed by atoms with E-state index in [0.717, 1.165) is 5.56 Å². The maximum absolute atomic E-state index is 12.0. The summed E-state index contributed by atoms with van der Waals surface area (Å²) in [5, 5.41) is 0.196. The topological polar surface area (TPSA) is 59.5 Å². The average molecular weight is 319 g/mol. The summed E-state index contributed by atoms with van der Waals surface area (Å²) in [6.07, 6.45) is 1.41. The number of benzene rings is 1. The van der Waals surface area contributed by atoms with E-state index in [1.807, 2.05) is 30.3 Å². The maximum Gasteiger partial charge on any atom is 0.338 e. The summed E-state index contributed by atoms with van der Waals surface area (Å²) in [5.41, 5.74) is 1.27. The fourth-order valence-corrected chi connectivity index (χ4v) is 1.97. The molecule has 1 heterocycles. The summed E-state index contributed by atoms with van der Waals surface area (Å²) < 4.78 is 4.99. The quantitative estimate of drug-likeness (QED) is 0.628. The second kappa shape index (κ2) is 7.56. The summed E-state index contributed by atoms with van der Waals surface area (Å²) in [4.78, 5) is 29.0. The molecule has 1 amide bonds. The van der Waals surface area contributed by atoms with E-state index in [0.29, 0.717) is 6.54 Å². The van der Waals surface area contributed by atoms with Crippen LogP contribution in [0.25, 0.3) is 0 Å². The number of halogens is 1. The number of rotatable bonds is 5. The Kier molecular flexibility index (Phi) is 5.49. The van der Waals surface area contributed by atoms with E-state index in [4.69, 9.17) is 16.3 Å². The Bertz CT molecular complexity index is 661. The van der Waals surface area contributed by atoms with Crippen molar-refractivity contribution < 1.29 is 14.3 Å². The SMILES string of the molecule is CN(Cc1ccccc1)C(=O)COC(=O)c1ccnc(Cl)c1. The summed E-state index contributed by atoms with van der Waals surface area (Å²) >= 11 is 5.70. The zero-order valence-electron chi connectivity index (χ0n) is 12.0. The predicted molar refractivity (Wildman–Crippen MR) is 82.4 cm³/mol. The molecule has 114 valence electrons. The first-order valence-corrected chi connectivity index (χ1v) is 7.00. The highest BCUT2D eigenvalue weighted by molar-refractivity contribution is 6.29. The number of carbonyl (C=O) groups is 2. The molecule has 0 fully saturated rings. The number of aromatic nitrogens is 1. The monoisotopic (exact) mass is 318 g/mol. The first kappa shape index (κ1) is 16.0. The summed E-state index contributed by atoms with van der Waals surface area (Å²) in [6.45, 7) is 0.139. The third-order valence-electron chi connectivity index (χ3n) is 2.98. The molecule has 1 aromatic carbocycles. The van der Waals surface area contributed by atoms with E-state index < -0.39 is 5.97 Å². The van der Waals surface area contributed by atoms with Gasteiger partial charge >= 0.3 is 5.97 Å². The summed E-state index contributed by atoms with van der Waals surface area (Å²) in [5.74, 6) is -0.886. The molecule has 0 bridgehead atoms. The zero-order valence-corrected chi connectivity index (χ0v) is 12.8. The second-order valence-electron chi connectivity index (χ2n) is 4.68. The molecule has 6 heteroatoms. The van der Waals surface area contributed by atoms with Crippen molar-refractivity contribution in [3.8, 4) is 0 Å². The van der Waals surface area contributed by atoms with Crippen LogP contribution in [0.4, 0.5) is 0 Å². The molecular formula is C16H15ClN2O3. The predicted octanol–water partition coefficient (Wildman–Crippen LogP) is 2.55. The van der Waals surface area contributed by atoms with E-state index in [2.05, 4.69) is 4.98 Å². The second-order valence-corrected chi connectivity index (χ2v) is 5.07. The highest BCUT2D eigenvalue weighted by atomic mass is 35.5. The number of pyridine rings is 1. The lowest BCUT2D eigenvalue weighted by atomic mass is 10.2. The van der Waals surface area contributed by atoms with Gasteiger partial charge in [-0.25, -0.2) is 9.78 Å². The molecule has 2 aromatic rings. The van der Waals surface area contributed by atoms with Gasteiger partial charge in [-0.05, 0) is 17.7 Å². The van der Waals surface area contributed by atoms with Crippen molar-refractivity contribution in [3.05, 3.63) is 64.9 Å². The van der Waals surface area contributed by atoms with Gasteiger partial charge in [0, 0.05) is 19.8 Å². The van der Waals surface area contributed by atoms with E-state index in [9.17, 15) is 9.59 Å². The molecule has 0 saturated heterocycles. The molecule has 0 spiro atoms. The Labute approximate surface area is 133 Å². The van der Waals surface area contributed by atoms with Gasteiger partial charge < -0.3 is 9.64 Å². The Balaban J connectivity index is 1.85. The molecule has 0 radical (unpaired) electrons. The Hall–Kier alpha value is -2.40. The van der Waals surface area contributed by atoms with Crippen molar-refractivity contribution >= 4 is 23.5 Å².